The van der Waals surface area contributed by atoms with Crippen molar-refractivity contribution in [3.05, 3.63) is 24.3 Å². The Morgan fingerprint density at radius 2 is 1.93 bits per heavy atom. The molecular formula is C12H19NO. The maximum Gasteiger partial charge on any atom is 0.229 e. The summed E-state index contributed by atoms with van der Waals surface area (Å²) >= 11 is 0. The van der Waals surface area contributed by atoms with Crippen molar-refractivity contribution in [2.24, 2.45) is 11.8 Å². The summed E-state index contributed by atoms with van der Waals surface area (Å²) in [6.45, 7) is 4.88. The van der Waals surface area contributed by atoms with E-state index in [4.69, 9.17) is 0 Å². The number of hydrogen-bond acceptors (Lipinski definition) is 1. The van der Waals surface area contributed by atoms with Gasteiger partial charge in [0.2, 0.25) is 5.91 Å². The van der Waals surface area contributed by atoms with E-state index in [1.165, 1.54) is 0 Å². The molecule has 78 valence electrons. The zero-order valence-electron chi connectivity index (χ0n) is 9.23. The number of rotatable bonds is 0. The smallest absolute Gasteiger partial charge is 0.229 e. The zero-order chi connectivity index (χ0) is 10.6. The van der Waals surface area contributed by atoms with Gasteiger partial charge in [-0.3, -0.25) is 4.79 Å². The first-order chi connectivity index (χ1) is 6.79. The fraction of sp³-hybridized carbons (Fsp3) is 0.583. The molecule has 2 unspecified atom stereocenters. The van der Waals surface area contributed by atoms with Crippen molar-refractivity contribution in [1.82, 2.24) is 4.90 Å². The second kappa shape index (κ2) is 4.99. The topological polar surface area (TPSA) is 20.3 Å². The van der Waals surface area contributed by atoms with E-state index in [0.29, 0.717) is 5.92 Å². The van der Waals surface area contributed by atoms with Crippen molar-refractivity contribution in [2.45, 2.75) is 20.3 Å². The fourth-order valence-corrected chi connectivity index (χ4v) is 1.92. The molecule has 1 aliphatic carbocycles. The molecular weight excluding hydrogens is 174 g/mol. The molecule has 1 heterocycles. The average molecular weight is 193 g/mol. The molecule has 0 N–H and O–H groups in total. The van der Waals surface area contributed by atoms with Crippen molar-refractivity contribution in [3.8, 4) is 0 Å². The minimum Gasteiger partial charge on any atom is -0.345 e. The van der Waals surface area contributed by atoms with Gasteiger partial charge in [-0.05, 0) is 6.42 Å². The van der Waals surface area contributed by atoms with E-state index < -0.39 is 0 Å². The van der Waals surface area contributed by atoms with Crippen LogP contribution in [0.3, 0.4) is 0 Å². The summed E-state index contributed by atoms with van der Waals surface area (Å²) in [4.78, 5) is 13.3. The molecule has 0 aromatic carbocycles. The van der Waals surface area contributed by atoms with Gasteiger partial charge in [0.1, 0.15) is 0 Å². The quantitative estimate of drug-likeness (QED) is 0.540. The minimum absolute atomic E-state index is 0.119. The molecule has 0 aromatic rings. The Morgan fingerprint density at radius 1 is 1.29 bits per heavy atom. The Balaban J connectivity index is 0.000000461. The predicted octanol–water partition coefficient (Wildman–Crippen LogP) is 2.23. The molecule has 1 saturated heterocycles. The molecule has 0 saturated carbocycles. The van der Waals surface area contributed by atoms with Gasteiger partial charge in [0, 0.05) is 19.5 Å². The Bertz CT molecular complexity index is 255. The predicted molar refractivity (Wildman–Crippen MR) is 58.9 cm³/mol. The van der Waals surface area contributed by atoms with E-state index in [9.17, 15) is 4.79 Å². The number of carbonyl (C=O) groups excluding carboxylic acids is 1. The maximum absolute atomic E-state index is 11.5. The van der Waals surface area contributed by atoms with E-state index in [0.717, 1.165) is 13.0 Å². The van der Waals surface area contributed by atoms with Crippen molar-refractivity contribution in [3.63, 3.8) is 0 Å². The van der Waals surface area contributed by atoms with Gasteiger partial charge in [0.15, 0.2) is 0 Å². The van der Waals surface area contributed by atoms with Crippen LogP contribution in [-0.2, 0) is 4.79 Å². The van der Waals surface area contributed by atoms with Crippen molar-refractivity contribution < 1.29 is 4.79 Å². The summed E-state index contributed by atoms with van der Waals surface area (Å²) in [5.41, 5.74) is 0. The second-order valence-corrected chi connectivity index (χ2v) is 3.50. The number of hydrogen-bond donors (Lipinski definition) is 0. The molecule has 2 heteroatoms. The van der Waals surface area contributed by atoms with Crippen LogP contribution in [0.1, 0.15) is 20.3 Å². The van der Waals surface area contributed by atoms with E-state index in [1.807, 2.05) is 25.8 Å². The van der Waals surface area contributed by atoms with Crippen molar-refractivity contribution >= 4 is 5.91 Å². The van der Waals surface area contributed by atoms with Crippen LogP contribution in [0.5, 0.6) is 0 Å². The Labute approximate surface area is 86.3 Å². The first-order valence-corrected chi connectivity index (χ1v) is 5.37. The SMILES string of the molecule is CC.CN1CC2C=CCC=CC2C1=O. The highest BCUT2D eigenvalue weighted by Crippen LogP contribution is 2.27. The first-order valence-electron chi connectivity index (χ1n) is 5.37. The molecule has 0 bridgehead atoms. The summed E-state index contributed by atoms with van der Waals surface area (Å²) in [6, 6.07) is 0. The lowest BCUT2D eigenvalue weighted by Crippen LogP contribution is -2.21. The van der Waals surface area contributed by atoms with Crippen LogP contribution in [0.15, 0.2) is 24.3 Å². The summed E-state index contributed by atoms with van der Waals surface area (Å²) in [6.07, 6.45) is 9.43. The van der Waals surface area contributed by atoms with Gasteiger partial charge in [-0.1, -0.05) is 38.2 Å². The van der Waals surface area contributed by atoms with Crippen LogP contribution in [0.4, 0.5) is 0 Å². The van der Waals surface area contributed by atoms with Crippen LogP contribution in [0.2, 0.25) is 0 Å². The Morgan fingerprint density at radius 3 is 2.64 bits per heavy atom. The molecule has 0 aromatic heterocycles. The van der Waals surface area contributed by atoms with Crippen LogP contribution >= 0.6 is 0 Å². The number of allylic oxidation sites excluding steroid dienone is 2. The average Bonchev–Trinajstić information content (AvgIpc) is 2.44. The molecule has 2 atom stereocenters. The van der Waals surface area contributed by atoms with Crippen LogP contribution in [-0.4, -0.2) is 24.4 Å². The number of nitrogens with zero attached hydrogens (tertiary/aromatic N) is 1. The number of fused-ring (bicyclic) bond motifs is 1. The van der Waals surface area contributed by atoms with Crippen LogP contribution in [0.25, 0.3) is 0 Å². The minimum atomic E-state index is 0.119. The van der Waals surface area contributed by atoms with Gasteiger partial charge >= 0.3 is 0 Å². The lowest BCUT2D eigenvalue weighted by Gasteiger charge is -2.06. The monoisotopic (exact) mass is 193 g/mol. The summed E-state index contributed by atoms with van der Waals surface area (Å²) in [7, 11) is 1.87. The lowest BCUT2D eigenvalue weighted by molar-refractivity contribution is -0.128. The summed E-state index contributed by atoms with van der Waals surface area (Å²) in [5, 5.41) is 0. The van der Waals surface area contributed by atoms with Gasteiger partial charge < -0.3 is 4.90 Å². The normalized spacial score (nSPS) is 29.4. The molecule has 2 aliphatic rings. The van der Waals surface area contributed by atoms with Gasteiger partial charge in [-0.15, -0.1) is 0 Å². The molecule has 1 amide bonds. The van der Waals surface area contributed by atoms with E-state index in [2.05, 4.69) is 24.3 Å². The molecule has 0 radical (unpaired) electrons. The lowest BCUT2D eigenvalue weighted by atomic mass is 9.96. The van der Waals surface area contributed by atoms with Crippen molar-refractivity contribution in [1.29, 1.82) is 0 Å². The first kappa shape index (κ1) is 11.0. The third-order valence-corrected chi connectivity index (χ3v) is 2.61. The highest BCUT2D eigenvalue weighted by Gasteiger charge is 2.35. The molecule has 1 aliphatic heterocycles. The Kier molecular flexibility index (Phi) is 3.93. The second-order valence-electron chi connectivity index (χ2n) is 3.50. The zero-order valence-corrected chi connectivity index (χ0v) is 9.23. The standard InChI is InChI=1S/C10H13NO.C2H6/c1-11-7-8-5-3-2-4-6-9(8)10(11)12;1-2/h3-6,8-9H,2,7H2,1H3;1-2H3. The van der Waals surface area contributed by atoms with Gasteiger partial charge in [0.25, 0.3) is 0 Å². The van der Waals surface area contributed by atoms with Crippen LogP contribution < -0.4 is 0 Å². The number of carbonyl (C=O) groups is 1. The molecule has 0 spiro atoms. The molecule has 14 heavy (non-hydrogen) atoms. The highest BCUT2D eigenvalue weighted by atomic mass is 16.2. The molecule has 2 rings (SSSR count). The fourth-order valence-electron chi connectivity index (χ4n) is 1.92. The van der Waals surface area contributed by atoms with Crippen molar-refractivity contribution in [2.75, 3.05) is 13.6 Å². The molecule has 2 nitrogen and oxygen atoms in total. The van der Waals surface area contributed by atoms with Gasteiger partial charge in [-0.2, -0.15) is 0 Å². The van der Waals surface area contributed by atoms with Crippen LogP contribution in [0, 0.1) is 11.8 Å². The van der Waals surface area contributed by atoms with Gasteiger partial charge in [-0.25, -0.2) is 0 Å². The van der Waals surface area contributed by atoms with E-state index in [-0.39, 0.29) is 11.8 Å². The summed E-state index contributed by atoms with van der Waals surface area (Å²) in [5.74, 6) is 0.804. The Hall–Kier alpha value is -1.05. The maximum atomic E-state index is 11.5. The number of likely N-dealkylation sites (tertiary alicyclic amines) is 1. The largest absolute Gasteiger partial charge is 0.345 e. The number of amides is 1. The third kappa shape index (κ3) is 2.06. The van der Waals surface area contributed by atoms with E-state index >= 15 is 0 Å². The van der Waals surface area contributed by atoms with Gasteiger partial charge in [0.05, 0.1) is 5.92 Å². The molecule has 1 fully saturated rings. The third-order valence-electron chi connectivity index (χ3n) is 2.61. The highest BCUT2D eigenvalue weighted by molar-refractivity contribution is 5.83. The van der Waals surface area contributed by atoms with E-state index in [1.54, 1.807) is 0 Å². The summed E-state index contributed by atoms with van der Waals surface area (Å²) < 4.78 is 0.